The minimum atomic E-state index is -0.544. The number of ether oxygens (including phenoxy) is 1. The summed E-state index contributed by atoms with van der Waals surface area (Å²) in [6, 6.07) is -0.0536. The Bertz CT molecular complexity index is 319. The molecule has 0 aliphatic heterocycles. The third kappa shape index (κ3) is 4.49. The van der Waals surface area contributed by atoms with Crippen LogP contribution in [0.2, 0.25) is 0 Å². The molecule has 0 aromatic carbocycles. The lowest BCUT2D eigenvalue weighted by molar-refractivity contribution is -0.145. The zero-order chi connectivity index (χ0) is 14.4. The highest BCUT2D eigenvalue weighted by molar-refractivity contribution is 5.74. The van der Waals surface area contributed by atoms with Crippen LogP contribution in [0.5, 0.6) is 0 Å². The van der Waals surface area contributed by atoms with Gasteiger partial charge in [-0.25, -0.2) is 0 Å². The van der Waals surface area contributed by atoms with Crippen molar-refractivity contribution in [3.05, 3.63) is 0 Å². The van der Waals surface area contributed by atoms with Gasteiger partial charge >= 0.3 is 5.97 Å². The first-order valence-corrected chi connectivity index (χ1v) is 7.02. The van der Waals surface area contributed by atoms with Gasteiger partial charge < -0.3 is 15.2 Å². The van der Waals surface area contributed by atoms with E-state index < -0.39 is 6.10 Å². The molecule has 0 spiro atoms. The monoisotopic (exact) mass is 271 g/mol. The molecule has 5 nitrogen and oxygen atoms in total. The largest absolute Gasteiger partial charge is 0.469 e. The van der Waals surface area contributed by atoms with Crippen LogP contribution in [0.15, 0.2) is 0 Å². The van der Waals surface area contributed by atoms with Crippen molar-refractivity contribution in [1.82, 2.24) is 5.32 Å². The Hall–Kier alpha value is -1.10. The zero-order valence-electron chi connectivity index (χ0n) is 12.0. The molecule has 4 atom stereocenters. The van der Waals surface area contributed by atoms with E-state index in [0.29, 0.717) is 12.8 Å². The van der Waals surface area contributed by atoms with Gasteiger partial charge in [-0.2, -0.15) is 0 Å². The number of unbranched alkanes of at least 4 members (excludes halogenated alkanes) is 1. The number of hydrogen-bond acceptors (Lipinski definition) is 4. The summed E-state index contributed by atoms with van der Waals surface area (Å²) in [6.07, 6.45) is 3.35. The Balaban J connectivity index is 2.67. The number of carbonyl (C=O) groups excluding carboxylic acids is 2. The third-order valence-corrected chi connectivity index (χ3v) is 3.89. The van der Waals surface area contributed by atoms with E-state index in [1.54, 1.807) is 0 Å². The highest BCUT2D eigenvalue weighted by Crippen LogP contribution is 2.35. The van der Waals surface area contributed by atoms with Gasteiger partial charge in [0.2, 0.25) is 5.91 Å². The molecule has 0 saturated heterocycles. The van der Waals surface area contributed by atoms with Crippen LogP contribution in [0.4, 0.5) is 0 Å². The molecule has 1 aliphatic carbocycles. The second kappa shape index (κ2) is 7.48. The van der Waals surface area contributed by atoms with E-state index in [0.717, 1.165) is 19.3 Å². The maximum absolute atomic E-state index is 11.5. The number of aliphatic hydroxyl groups excluding tert-OH is 1. The minimum Gasteiger partial charge on any atom is -0.469 e. The van der Waals surface area contributed by atoms with Gasteiger partial charge in [-0.05, 0) is 19.3 Å². The molecule has 1 saturated carbocycles. The van der Waals surface area contributed by atoms with E-state index in [1.165, 1.54) is 14.0 Å². The Labute approximate surface area is 114 Å². The molecule has 19 heavy (non-hydrogen) atoms. The van der Waals surface area contributed by atoms with Crippen molar-refractivity contribution in [1.29, 1.82) is 0 Å². The molecule has 2 N–H and O–H groups in total. The van der Waals surface area contributed by atoms with Crippen LogP contribution in [0.25, 0.3) is 0 Å². The predicted octanol–water partition coefficient (Wildman–Crippen LogP) is 1.24. The lowest BCUT2D eigenvalue weighted by Gasteiger charge is -2.26. The fourth-order valence-corrected chi connectivity index (χ4v) is 2.92. The number of hydrogen-bond donors (Lipinski definition) is 2. The summed E-state index contributed by atoms with van der Waals surface area (Å²) in [7, 11) is 1.37. The van der Waals surface area contributed by atoms with Gasteiger partial charge in [0, 0.05) is 18.9 Å². The molecule has 0 aromatic heterocycles. The summed E-state index contributed by atoms with van der Waals surface area (Å²) in [5.41, 5.74) is 0. The van der Waals surface area contributed by atoms with Crippen LogP contribution < -0.4 is 5.32 Å². The minimum absolute atomic E-state index is 0.0536. The van der Waals surface area contributed by atoms with Crippen molar-refractivity contribution in [3.8, 4) is 0 Å². The van der Waals surface area contributed by atoms with Crippen LogP contribution in [0.1, 0.15) is 46.0 Å². The topological polar surface area (TPSA) is 75.6 Å². The van der Waals surface area contributed by atoms with Gasteiger partial charge in [0.15, 0.2) is 0 Å². The molecule has 1 unspecified atom stereocenters. The number of rotatable bonds is 6. The average Bonchev–Trinajstić information content (AvgIpc) is 2.75. The van der Waals surface area contributed by atoms with E-state index >= 15 is 0 Å². The first-order chi connectivity index (χ1) is 8.99. The second-order valence-electron chi connectivity index (χ2n) is 5.37. The van der Waals surface area contributed by atoms with Crippen LogP contribution in [0, 0.1) is 11.8 Å². The van der Waals surface area contributed by atoms with Crippen LogP contribution in [-0.4, -0.2) is 36.2 Å². The van der Waals surface area contributed by atoms with E-state index in [-0.39, 0.29) is 29.8 Å². The Morgan fingerprint density at radius 3 is 2.63 bits per heavy atom. The molecule has 5 heteroatoms. The fraction of sp³-hybridized carbons (Fsp3) is 0.857. The lowest BCUT2D eigenvalue weighted by Crippen LogP contribution is -2.42. The van der Waals surface area contributed by atoms with Crippen molar-refractivity contribution in [2.75, 3.05) is 7.11 Å². The van der Waals surface area contributed by atoms with E-state index in [2.05, 4.69) is 12.2 Å². The molecule has 0 heterocycles. The van der Waals surface area contributed by atoms with Crippen molar-refractivity contribution >= 4 is 11.9 Å². The fourth-order valence-electron chi connectivity index (χ4n) is 2.92. The standard InChI is InChI=1S/C14H25NO4/c1-4-5-6-12(15-9(2)16)11-7-10(8-13(11)17)14(18)19-3/h10-13,17H,4-8H2,1-3H3,(H,15,16)/t10-,11?,12-,13+/m1/s1. The molecule has 0 radical (unpaired) electrons. The van der Waals surface area contributed by atoms with E-state index in [1.807, 2.05) is 0 Å². The lowest BCUT2D eigenvalue weighted by atomic mass is 9.91. The van der Waals surface area contributed by atoms with E-state index in [4.69, 9.17) is 4.74 Å². The first-order valence-electron chi connectivity index (χ1n) is 7.02. The Kier molecular flexibility index (Phi) is 6.28. The summed E-state index contributed by atoms with van der Waals surface area (Å²) in [6.45, 7) is 3.57. The maximum Gasteiger partial charge on any atom is 0.308 e. The summed E-state index contributed by atoms with van der Waals surface area (Å²) >= 11 is 0. The summed E-state index contributed by atoms with van der Waals surface area (Å²) in [5.74, 6) is -0.657. The van der Waals surface area contributed by atoms with Gasteiger partial charge in [0.05, 0.1) is 19.1 Å². The molecule has 110 valence electrons. The number of nitrogens with one attached hydrogen (secondary N) is 1. The van der Waals surface area contributed by atoms with Crippen molar-refractivity contribution in [3.63, 3.8) is 0 Å². The molecule has 1 fully saturated rings. The third-order valence-electron chi connectivity index (χ3n) is 3.89. The number of carbonyl (C=O) groups is 2. The second-order valence-corrected chi connectivity index (χ2v) is 5.37. The van der Waals surface area contributed by atoms with Gasteiger partial charge in [0.1, 0.15) is 0 Å². The van der Waals surface area contributed by atoms with E-state index in [9.17, 15) is 14.7 Å². The summed E-state index contributed by atoms with van der Waals surface area (Å²) in [4.78, 5) is 22.8. The van der Waals surface area contributed by atoms with Crippen molar-refractivity contribution in [2.45, 2.75) is 58.1 Å². The highest BCUT2D eigenvalue weighted by atomic mass is 16.5. The van der Waals surface area contributed by atoms with Crippen LogP contribution in [-0.2, 0) is 14.3 Å². The number of esters is 1. The molecular weight excluding hydrogens is 246 g/mol. The summed E-state index contributed by atoms with van der Waals surface area (Å²) in [5, 5.41) is 13.0. The molecule has 1 rings (SSSR count). The Morgan fingerprint density at radius 2 is 2.11 bits per heavy atom. The van der Waals surface area contributed by atoms with Crippen LogP contribution in [0.3, 0.4) is 0 Å². The summed E-state index contributed by atoms with van der Waals surface area (Å²) < 4.78 is 4.74. The number of amides is 1. The molecule has 1 aliphatic rings. The van der Waals surface area contributed by atoms with Gasteiger partial charge in [-0.1, -0.05) is 19.8 Å². The van der Waals surface area contributed by atoms with Gasteiger partial charge in [0.25, 0.3) is 0 Å². The number of aliphatic hydroxyl groups is 1. The van der Waals surface area contributed by atoms with Gasteiger partial charge in [-0.15, -0.1) is 0 Å². The Morgan fingerprint density at radius 1 is 1.42 bits per heavy atom. The van der Waals surface area contributed by atoms with Crippen molar-refractivity contribution in [2.24, 2.45) is 11.8 Å². The quantitative estimate of drug-likeness (QED) is 0.713. The van der Waals surface area contributed by atoms with Crippen molar-refractivity contribution < 1.29 is 19.4 Å². The molecular formula is C14H25NO4. The zero-order valence-corrected chi connectivity index (χ0v) is 12.0. The highest BCUT2D eigenvalue weighted by Gasteiger charge is 2.41. The SMILES string of the molecule is CCCC[C@@H](NC(C)=O)C1C[C@@H](C(=O)OC)C[C@@H]1O. The molecule has 1 amide bonds. The van der Waals surface area contributed by atoms with Gasteiger partial charge in [-0.3, -0.25) is 9.59 Å². The van der Waals surface area contributed by atoms with Crippen LogP contribution >= 0.6 is 0 Å². The molecule has 0 bridgehead atoms. The predicted molar refractivity (Wildman–Crippen MR) is 71.4 cm³/mol. The smallest absolute Gasteiger partial charge is 0.308 e. The maximum atomic E-state index is 11.5. The first kappa shape index (κ1) is 16.0. The molecule has 0 aromatic rings. The average molecular weight is 271 g/mol. The number of methoxy groups -OCH3 is 1. The normalized spacial score (nSPS) is 27.9.